The molecule has 0 spiro atoms. The molecule has 1 aliphatic carbocycles. The molecule has 0 radical (unpaired) electrons. The second-order valence-electron chi connectivity index (χ2n) is 5.14. The van der Waals surface area contributed by atoms with E-state index in [4.69, 9.17) is 0 Å². The molecule has 1 atom stereocenters. The minimum absolute atomic E-state index is 0.282. The van der Waals surface area contributed by atoms with Crippen LogP contribution in [0.3, 0.4) is 0 Å². The fourth-order valence-electron chi connectivity index (χ4n) is 2.85. The Morgan fingerprint density at radius 3 is 3.10 bits per heavy atom. The number of hydrogen-bond acceptors (Lipinski definition) is 5. The van der Waals surface area contributed by atoms with Gasteiger partial charge in [0.1, 0.15) is 17.0 Å². The molecule has 3 aromatic heterocycles. The van der Waals surface area contributed by atoms with Crippen molar-refractivity contribution in [2.24, 2.45) is 0 Å². The van der Waals surface area contributed by atoms with Crippen LogP contribution in [0.2, 0.25) is 0 Å². The molecule has 4 rings (SSSR count). The Morgan fingerprint density at radius 1 is 1.30 bits per heavy atom. The first-order valence-corrected chi connectivity index (χ1v) is 8.57. The Labute approximate surface area is 125 Å². The summed E-state index contributed by atoms with van der Waals surface area (Å²) in [6.45, 7) is 2.19. The first-order valence-electron chi connectivity index (χ1n) is 6.88. The lowest BCUT2D eigenvalue weighted by atomic mass is 10.2. The molecule has 0 fully saturated rings. The molecule has 0 aromatic carbocycles. The third-order valence-electron chi connectivity index (χ3n) is 3.82. The van der Waals surface area contributed by atoms with Crippen molar-refractivity contribution in [2.75, 3.05) is 5.32 Å². The molecule has 3 aromatic rings. The van der Waals surface area contributed by atoms with Gasteiger partial charge >= 0.3 is 0 Å². The zero-order chi connectivity index (χ0) is 13.5. The van der Waals surface area contributed by atoms with E-state index >= 15 is 0 Å². The van der Waals surface area contributed by atoms with Gasteiger partial charge in [0.05, 0.1) is 11.4 Å². The van der Waals surface area contributed by atoms with Crippen LogP contribution in [-0.4, -0.2) is 9.97 Å². The number of thiophene rings is 2. The third kappa shape index (κ3) is 1.93. The normalized spacial score (nSPS) is 15.4. The first kappa shape index (κ1) is 12.3. The summed E-state index contributed by atoms with van der Waals surface area (Å²) in [6, 6.07) is 4.54. The van der Waals surface area contributed by atoms with Crippen LogP contribution in [0.4, 0.5) is 5.82 Å². The van der Waals surface area contributed by atoms with E-state index in [2.05, 4.69) is 39.7 Å². The quantitative estimate of drug-likeness (QED) is 0.778. The standard InChI is InChI=1S/C15H15N3S2/c1-9(11-6-3-7-19-11)18-14-13-10-4-2-5-12(10)20-15(13)17-8-16-14/h3,6-9H,2,4-5H2,1H3,(H,16,17,18)/t9-/m0/s1. The van der Waals surface area contributed by atoms with E-state index in [1.54, 1.807) is 17.7 Å². The number of nitrogens with zero attached hydrogens (tertiary/aromatic N) is 2. The van der Waals surface area contributed by atoms with Gasteiger partial charge in [-0.15, -0.1) is 22.7 Å². The molecule has 0 bridgehead atoms. The van der Waals surface area contributed by atoms with Gasteiger partial charge < -0.3 is 5.32 Å². The van der Waals surface area contributed by atoms with Crippen LogP contribution in [0.5, 0.6) is 0 Å². The van der Waals surface area contributed by atoms with Crippen molar-refractivity contribution in [1.29, 1.82) is 0 Å². The molecule has 0 saturated carbocycles. The van der Waals surface area contributed by atoms with E-state index in [1.165, 1.54) is 40.0 Å². The summed E-state index contributed by atoms with van der Waals surface area (Å²) in [5.41, 5.74) is 1.48. The highest BCUT2D eigenvalue weighted by Gasteiger charge is 2.21. The Morgan fingerprint density at radius 2 is 2.25 bits per heavy atom. The van der Waals surface area contributed by atoms with Crippen LogP contribution in [0, 0.1) is 0 Å². The number of fused-ring (bicyclic) bond motifs is 3. The molecular formula is C15H15N3S2. The first-order chi connectivity index (χ1) is 9.83. The molecule has 0 amide bonds. The highest BCUT2D eigenvalue weighted by atomic mass is 32.1. The number of aromatic nitrogens is 2. The van der Waals surface area contributed by atoms with Gasteiger partial charge in [0, 0.05) is 9.75 Å². The molecule has 3 heterocycles. The highest BCUT2D eigenvalue weighted by Crippen LogP contribution is 2.39. The predicted octanol–water partition coefficient (Wildman–Crippen LogP) is 4.41. The van der Waals surface area contributed by atoms with Gasteiger partial charge in [-0.3, -0.25) is 0 Å². The molecule has 20 heavy (non-hydrogen) atoms. The fraction of sp³-hybridized carbons (Fsp3) is 0.333. The van der Waals surface area contributed by atoms with Gasteiger partial charge in [0.2, 0.25) is 0 Å². The Hall–Kier alpha value is -1.46. The van der Waals surface area contributed by atoms with E-state index in [1.807, 2.05) is 11.3 Å². The maximum atomic E-state index is 4.50. The molecule has 5 heteroatoms. The minimum Gasteiger partial charge on any atom is -0.362 e. The third-order valence-corrected chi connectivity index (χ3v) is 6.08. The van der Waals surface area contributed by atoms with Crippen LogP contribution in [0.1, 0.15) is 34.7 Å². The summed E-state index contributed by atoms with van der Waals surface area (Å²) >= 11 is 3.62. The van der Waals surface area contributed by atoms with Gasteiger partial charge in [-0.25, -0.2) is 9.97 Å². The van der Waals surface area contributed by atoms with Crippen molar-refractivity contribution in [1.82, 2.24) is 9.97 Å². The van der Waals surface area contributed by atoms with E-state index in [0.29, 0.717) is 0 Å². The van der Waals surface area contributed by atoms with Crippen LogP contribution in [-0.2, 0) is 12.8 Å². The van der Waals surface area contributed by atoms with Gasteiger partial charge in [-0.05, 0) is 43.2 Å². The smallest absolute Gasteiger partial charge is 0.138 e. The zero-order valence-electron chi connectivity index (χ0n) is 11.2. The predicted molar refractivity (Wildman–Crippen MR) is 85.8 cm³/mol. The van der Waals surface area contributed by atoms with Gasteiger partial charge in [0.25, 0.3) is 0 Å². The minimum atomic E-state index is 0.282. The highest BCUT2D eigenvalue weighted by molar-refractivity contribution is 7.19. The van der Waals surface area contributed by atoms with Crippen molar-refractivity contribution in [2.45, 2.75) is 32.2 Å². The average molecular weight is 301 g/mol. The summed E-state index contributed by atoms with van der Waals surface area (Å²) in [5.74, 6) is 0.996. The fourth-order valence-corrected chi connectivity index (χ4v) is 4.82. The summed E-state index contributed by atoms with van der Waals surface area (Å²) < 4.78 is 0. The SMILES string of the molecule is C[C@H](Nc1ncnc2sc3c(c12)CCC3)c1cccs1. The van der Waals surface area contributed by atoms with Crippen molar-refractivity contribution >= 4 is 38.7 Å². The van der Waals surface area contributed by atoms with E-state index in [-0.39, 0.29) is 6.04 Å². The Kier molecular flexibility index (Phi) is 2.97. The second kappa shape index (κ2) is 4.82. The van der Waals surface area contributed by atoms with E-state index in [9.17, 15) is 0 Å². The number of aryl methyl sites for hydroxylation is 2. The second-order valence-corrected chi connectivity index (χ2v) is 7.20. The summed E-state index contributed by atoms with van der Waals surface area (Å²) in [5, 5.41) is 6.94. The molecular weight excluding hydrogens is 286 g/mol. The van der Waals surface area contributed by atoms with E-state index in [0.717, 1.165) is 10.6 Å². The number of hydrogen-bond donors (Lipinski definition) is 1. The Balaban J connectivity index is 1.76. The molecule has 3 nitrogen and oxygen atoms in total. The average Bonchev–Trinajstić information content (AvgIpc) is 3.15. The summed E-state index contributed by atoms with van der Waals surface area (Å²) in [4.78, 5) is 12.9. The van der Waals surface area contributed by atoms with Crippen LogP contribution in [0.15, 0.2) is 23.8 Å². The molecule has 1 aliphatic rings. The monoisotopic (exact) mass is 301 g/mol. The summed E-state index contributed by atoms with van der Waals surface area (Å²) in [6.07, 6.45) is 5.32. The van der Waals surface area contributed by atoms with Crippen LogP contribution < -0.4 is 5.32 Å². The van der Waals surface area contributed by atoms with Crippen molar-refractivity contribution in [3.63, 3.8) is 0 Å². The molecule has 0 aliphatic heterocycles. The van der Waals surface area contributed by atoms with E-state index < -0.39 is 0 Å². The van der Waals surface area contributed by atoms with Crippen LogP contribution >= 0.6 is 22.7 Å². The van der Waals surface area contributed by atoms with Crippen LogP contribution in [0.25, 0.3) is 10.2 Å². The number of anilines is 1. The molecule has 1 N–H and O–H groups in total. The zero-order valence-corrected chi connectivity index (χ0v) is 12.9. The lowest BCUT2D eigenvalue weighted by Gasteiger charge is -2.14. The number of nitrogens with one attached hydrogen (secondary N) is 1. The largest absolute Gasteiger partial charge is 0.362 e. The maximum absolute atomic E-state index is 4.50. The van der Waals surface area contributed by atoms with Crippen molar-refractivity contribution in [3.05, 3.63) is 39.2 Å². The van der Waals surface area contributed by atoms with Crippen molar-refractivity contribution in [3.8, 4) is 0 Å². The number of rotatable bonds is 3. The molecule has 0 unspecified atom stereocenters. The summed E-state index contributed by atoms with van der Waals surface area (Å²) in [7, 11) is 0. The lowest BCUT2D eigenvalue weighted by molar-refractivity contribution is 0.895. The molecule has 102 valence electrons. The van der Waals surface area contributed by atoms with Gasteiger partial charge in [-0.2, -0.15) is 0 Å². The van der Waals surface area contributed by atoms with Gasteiger partial charge in [-0.1, -0.05) is 6.07 Å². The lowest BCUT2D eigenvalue weighted by Crippen LogP contribution is -2.07. The topological polar surface area (TPSA) is 37.8 Å². The van der Waals surface area contributed by atoms with Gasteiger partial charge in [0.15, 0.2) is 0 Å². The molecule has 0 saturated heterocycles. The van der Waals surface area contributed by atoms with Crippen molar-refractivity contribution < 1.29 is 0 Å². The maximum Gasteiger partial charge on any atom is 0.138 e. The Bertz CT molecular complexity index is 746.